The van der Waals surface area contributed by atoms with Crippen LogP contribution in [0.15, 0.2) is 71.6 Å². The van der Waals surface area contributed by atoms with Crippen LogP contribution in [0.2, 0.25) is 5.02 Å². The van der Waals surface area contributed by atoms with Gasteiger partial charge in [-0.25, -0.2) is 4.79 Å². The van der Waals surface area contributed by atoms with E-state index in [1.54, 1.807) is 36.0 Å². The molecular formula is C24H20ClNO5S. The van der Waals surface area contributed by atoms with Crippen molar-refractivity contribution >= 4 is 35.2 Å². The predicted molar refractivity (Wildman–Crippen MR) is 122 cm³/mol. The number of carbonyl (C=O) groups excluding carboxylic acids is 2. The van der Waals surface area contributed by atoms with E-state index in [-0.39, 0.29) is 19.3 Å². The number of rotatable bonds is 8. The first kappa shape index (κ1) is 22.0. The molecule has 0 saturated carbocycles. The molecule has 0 saturated heterocycles. The zero-order valence-electron chi connectivity index (χ0n) is 17.0. The van der Waals surface area contributed by atoms with E-state index >= 15 is 0 Å². The summed E-state index contributed by atoms with van der Waals surface area (Å²) in [6, 6.07) is 20.2. The molecule has 0 fully saturated rings. The minimum atomic E-state index is -0.542. The van der Waals surface area contributed by atoms with Crippen molar-refractivity contribution in [1.82, 2.24) is 5.32 Å². The molecule has 0 bridgehead atoms. The lowest BCUT2D eigenvalue weighted by Crippen LogP contribution is -2.28. The number of ether oxygens (including phenoxy) is 3. The number of nitrogens with one attached hydrogen (secondary N) is 1. The third-order valence-corrected chi connectivity index (χ3v) is 6.00. The third-order valence-electron chi connectivity index (χ3n) is 4.67. The molecule has 0 aromatic heterocycles. The van der Waals surface area contributed by atoms with Crippen LogP contribution in [0.25, 0.3) is 0 Å². The average molecular weight is 470 g/mol. The average Bonchev–Trinajstić information content (AvgIpc) is 3.29. The summed E-state index contributed by atoms with van der Waals surface area (Å²) in [6.07, 6.45) is 0. The Balaban J connectivity index is 1.20. The maximum absolute atomic E-state index is 12.2. The Morgan fingerprint density at radius 3 is 2.44 bits per heavy atom. The van der Waals surface area contributed by atoms with Crippen molar-refractivity contribution in [3.63, 3.8) is 0 Å². The van der Waals surface area contributed by atoms with Gasteiger partial charge in [0, 0.05) is 22.2 Å². The van der Waals surface area contributed by atoms with Crippen LogP contribution >= 0.6 is 23.4 Å². The molecule has 0 radical (unpaired) electrons. The highest BCUT2D eigenvalue weighted by atomic mass is 35.5. The lowest BCUT2D eigenvalue weighted by molar-refractivity contribution is -0.124. The highest BCUT2D eigenvalue weighted by Crippen LogP contribution is 2.32. The molecule has 1 N–H and O–H groups in total. The molecule has 4 rings (SSSR count). The van der Waals surface area contributed by atoms with Crippen molar-refractivity contribution in [1.29, 1.82) is 0 Å². The summed E-state index contributed by atoms with van der Waals surface area (Å²) < 4.78 is 15.7. The van der Waals surface area contributed by atoms with Crippen LogP contribution in [0.4, 0.5) is 0 Å². The first-order chi connectivity index (χ1) is 15.6. The smallest absolute Gasteiger partial charge is 0.338 e. The summed E-state index contributed by atoms with van der Waals surface area (Å²) in [5.74, 6) is 1.17. The molecule has 6 nitrogen and oxygen atoms in total. The standard InChI is InChI=1S/C24H20ClNO5S/c25-19-6-8-20(9-7-19)32-14-16-1-4-18(5-2-16)24(28)29-13-23(27)26-12-17-3-10-21-22(11-17)31-15-30-21/h1-11H,12-15H2,(H,26,27). The van der Waals surface area contributed by atoms with Crippen molar-refractivity contribution in [2.75, 3.05) is 13.4 Å². The second-order valence-corrected chi connectivity index (χ2v) is 8.47. The van der Waals surface area contributed by atoms with Gasteiger partial charge in [0.1, 0.15) is 0 Å². The van der Waals surface area contributed by atoms with E-state index in [1.165, 1.54) is 0 Å². The van der Waals surface area contributed by atoms with Crippen molar-refractivity contribution in [3.8, 4) is 11.5 Å². The van der Waals surface area contributed by atoms with E-state index in [1.807, 2.05) is 42.5 Å². The summed E-state index contributed by atoms with van der Waals surface area (Å²) >= 11 is 7.58. The van der Waals surface area contributed by atoms with E-state index < -0.39 is 5.97 Å². The van der Waals surface area contributed by atoms with Gasteiger partial charge in [0.05, 0.1) is 5.56 Å². The summed E-state index contributed by atoms with van der Waals surface area (Å²) in [4.78, 5) is 25.4. The predicted octanol–water partition coefficient (Wildman–Crippen LogP) is 4.83. The van der Waals surface area contributed by atoms with E-state index in [2.05, 4.69) is 5.32 Å². The zero-order valence-corrected chi connectivity index (χ0v) is 18.6. The largest absolute Gasteiger partial charge is 0.454 e. The number of amides is 1. The third kappa shape index (κ3) is 5.96. The van der Waals surface area contributed by atoms with Gasteiger partial charge in [-0.15, -0.1) is 11.8 Å². The van der Waals surface area contributed by atoms with Gasteiger partial charge in [-0.2, -0.15) is 0 Å². The normalized spacial score (nSPS) is 11.8. The minimum Gasteiger partial charge on any atom is -0.454 e. The van der Waals surface area contributed by atoms with Gasteiger partial charge < -0.3 is 19.5 Å². The molecule has 0 unspecified atom stereocenters. The van der Waals surface area contributed by atoms with Crippen molar-refractivity contribution in [3.05, 3.63) is 88.4 Å². The highest BCUT2D eigenvalue weighted by Gasteiger charge is 2.14. The molecule has 1 amide bonds. The number of benzene rings is 3. The summed E-state index contributed by atoms with van der Waals surface area (Å²) in [5, 5.41) is 3.43. The quantitative estimate of drug-likeness (QED) is 0.376. The Morgan fingerprint density at radius 2 is 1.66 bits per heavy atom. The number of fused-ring (bicyclic) bond motifs is 1. The lowest BCUT2D eigenvalue weighted by atomic mass is 10.1. The van der Waals surface area contributed by atoms with Gasteiger partial charge in [-0.1, -0.05) is 29.8 Å². The Hall–Kier alpha value is -3.16. The number of hydrogen-bond acceptors (Lipinski definition) is 6. The first-order valence-corrected chi connectivity index (χ1v) is 11.2. The second-order valence-electron chi connectivity index (χ2n) is 6.98. The first-order valence-electron chi connectivity index (χ1n) is 9.86. The summed E-state index contributed by atoms with van der Waals surface area (Å²) in [5.41, 5.74) is 2.33. The molecular weight excluding hydrogens is 450 g/mol. The summed E-state index contributed by atoms with van der Waals surface area (Å²) in [6.45, 7) is 0.147. The monoisotopic (exact) mass is 469 g/mol. The van der Waals surface area contributed by atoms with Gasteiger partial charge in [-0.05, 0) is 59.7 Å². The van der Waals surface area contributed by atoms with E-state index in [0.29, 0.717) is 28.6 Å². The molecule has 32 heavy (non-hydrogen) atoms. The molecule has 0 atom stereocenters. The van der Waals surface area contributed by atoms with E-state index in [4.69, 9.17) is 25.8 Å². The fraction of sp³-hybridized carbons (Fsp3) is 0.167. The number of hydrogen-bond donors (Lipinski definition) is 1. The van der Waals surface area contributed by atoms with Crippen LogP contribution < -0.4 is 14.8 Å². The zero-order chi connectivity index (χ0) is 22.3. The molecule has 164 valence electrons. The number of esters is 1. The number of carbonyl (C=O) groups is 2. The van der Waals surface area contributed by atoms with E-state index in [9.17, 15) is 9.59 Å². The molecule has 1 aliphatic heterocycles. The Morgan fingerprint density at radius 1 is 0.938 bits per heavy atom. The molecule has 1 aliphatic rings. The van der Waals surface area contributed by atoms with Crippen molar-refractivity contribution in [2.45, 2.75) is 17.2 Å². The fourth-order valence-corrected chi connectivity index (χ4v) is 3.93. The molecule has 8 heteroatoms. The van der Waals surface area contributed by atoms with Crippen LogP contribution in [0, 0.1) is 0 Å². The molecule has 3 aromatic carbocycles. The van der Waals surface area contributed by atoms with E-state index in [0.717, 1.165) is 21.8 Å². The Bertz CT molecular complexity index is 1100. The summed E-state index contributed by atoms with van der Waals surface area (Å²) in [7, 11) is 0. The van der Waals surface area contributed by atoms with Gasteiger partial charge in [0.2, 0.25) is 6.79 Å². The fourth-order valence-electron chi connectivity index (χ4n) is 2.95. The number of halogens is 1. The van der Waals surface area contributed by atoms with Crippen LogP contribution in [0.3, 0.4) is 0 Å². The van der Waals surface area contributed by atoms with Crippen LogP contribution in [0.5, 0.6) is 11.5 Å². The van der Waals surface area contributed by atoms with Gasteiger partial charge in [0.25, 0.3) is 5.91 Å². The van der Waals surface area contributed by atoms with Crippen LogP contribution in [-0.4, -0.2) is 25.3 Å². The molecule has 0 spiro atoms. The minimum absolute atomic E-state index is 0.198. The van der Waals surface area contributed by atoms with Crippen LogP contribution in [0.1, 0.15) is 21.5 Å². The maximum atomic E-state index is 12.2. The second kappa shape index (κ2) is 10.4. The lowest BCUT2D eigenvalue weighted by Gasteiger charge is -2.08. The topological polar surface area (TPSA) is 73.9 Å². The van der Waals surface area contributed by atoms with Gasteiger partial charge in [0.15, 0.2) is 18.1 Å². The maximum Gasteiger partial charge on any atom is 0.338 e. The van der Waals surface area contributed by atoms with Crippen molar-refractivity contribution in [2.24, 2.45) is 0 Å². The van der Waals surface area contributed by atoms with Gasteiger partial charge >= 0.3 is 5.97 Å². The molecule has 3 aromatic rings. The molecule has 0 aliphatic carbocycles. The van der Waals surface area contributed by atoms with Gasteiger partial charge in [-0.3, -0.25) is 4.79 Å². The van der Waals surface area contributed by atoms with Crippen molar-refractivity contribution < 1.29 is 23.8 Å². The number of thioether (sulfide) groups is 1. The highest BCUT2D eigenvalue weighted by molar-refractivity contribution is 7.98. The Labute approximate surface area is 194 Å². The Kier molecular flexibility index (Phi) is 7.19. The SMILES string of the molecule is O=C(COC(=O)c1ccc(CSc2ccc(Cl)cc2)cc1)NCc1ccc2c(c1)OCO2. The molecule has 1 heterocycles. The van der Waals surface area contributed by atoms with Crippen LogP contribution in [-0.2, 0) is 21.8 Å².